The molecule has 6 heteroatoms. The molecule has 0 spiro atoms. The van der Waals surface area contributed by atoms with Gasteiger partial charge in [-0.05, 0) is 38.2 Å². The van der Waals surface area contributed by atoms with Crippen LogP contribution in [-0.4, -0.2) is 35.0 Å². The molecule has 1 saturated carbocycles. The molecule has 1 saturated heterocycles. The average Bonchev–Trinajstić information content (AvgIpc) is 3.22. The van der Waals surface area contributed by atoms with Crippen molar-refractivity contribution in [1.82, 2.24) is 10.2 Å². The summed E-state index contributed by atoms with van der Waals surface area (Å²) in [5.74, 6) is 0.0520. The lowest BCUT2D eigenvalue weighted by Gasteiger charge is -2.38. The Morgan fingerprint density at radius 3 is 2.52 bits per heavy atom. The molecule has 0 aromatic heterocycles. The Labute approximate surface area is 151 Å². The number of nitrogens with one attached hydrogen (secondary N) is 1. The van der Waals surface area contributed by atoms with Crippen LogP contribution in [0.2, 0.25) is 0 Å². The molecule has 1 amide bonds. The highest BCUT2D eigenvalue weighted by Gasteiger charge is 2.46. The third-order valence-corrected chi connectivity index (χ3v) is 4.82. The molecule has 1 aromatic carbocycles. The Morgan fingerprint density at radius 1 is 1.30 bits per heavy atom. The summed E-state index contributed by atoms with van der Waals surface area (Å²) in [6.45, 7) is 4.26. The summed E-state index contributed by atoms with van der Waals surface area (Å²) in [6, 6.07) is 11.3. The first-order chi connectivity index (χ1) is 10.1. The highest BCUT2D eigenvalue weighted by atomic mass is 35.5. The molecule has 2 aliphatic rings. The van der Waals surface area contributed by atoms with Gasteiger partial charge in [-0.15, -0.1) is 24.8 Å². The minimum absolute atomic E-state index is 0. The van der Waals surface area contributed by atoms with E-state index in [1.165, 1.54) is 5.56 Å². The molecule has 0 radical (unpaired) electrons. The predicted octanol–water partition coefficient (Wildman–Crippen LogP) is 2.49. The maximum Gasteiger partial charge on any atom is 0.240 e. The summed E-state index contributed by atoms with van der Waals surface area (Å²) in [4.78, 5) is 14.5. The van der Waals surface area contributed by atoms with Crippen molar-refractivity contribution in [1.29, 1.82) is 0 Å². The molecule has 4 nitrogen and oxygen atoms in total. The first-order valence-electron chi connectivity index (χ1n) is 7.95. The predicted molar refractivity (Wildman–Crippen MR) is 98.1 cm³/mol. The number of rotatable bonds is 4. The molecule has 1 heterocycles. The fraction of sp³-hybridized carbons (Fsp3) is 0.588. The van der Waals surface area contributed by atoms with E-state index in [1.54, 1.807) is 0 Å². The van der Waals surface area contributed by atoms with Crippen molar-refractivity contribution < 1.29 is 4.79 Å². The second kappa shape index (κ2) is 8.34. The zero-order valence-corrected chi connectivity index (χ0v) is 15.2. The van der Waals surface area contributed by atoms with Crippen molar-refractivity contribution in [2.24, 2.45) is 5.73 Å². The Morgan fingerprint density at radius 2 is 1.96 bits per heavy atom. The lowest BCUT2D eigenvalue weighted by Crippen LogP contribution is -2.52. The van der Waals surface area contributed by atoms with E-state index < -0.39 is 5.54 Å². The Bertz CT molecular complexity index is 508. The van der Waals surface area contributed by atoms with Crippen LogP contribution in [0.3, 0.4) is 0 Å². The van der Waals surface area contributed by atoms with E-state index in [0.717, 1.165) is 38.8 Å². The number of nitrogens with zero attached hydrogens (tertiary/aromatic N) is 1. The van der Waals surface area contributed by atoms with Gasteiger partial charge in [-0.2, -0.15) is 0 Å². The summed E-state index contributed by atoms with van der Waals surface area (Å²) in [5, 5.41) is 3.15. The van der Waals surface area contributed by atoms with Gasteiger partial charge in [0.2, 0.25) is 5.91 Å². The number of carbonyl (C=O) groups excluding carboxylic acids is 1. The molecule has 130 valence electrons. The minimum atomic E-state index is -0.551. The highest BCUT2D eigenvalue weighted by Crippen LogP contribution is 2.32. The van der Waals surface area contributed by atoms with Gasteiger partial charge in [0.05, 0.1) is 5.54 Å². The zero-order chi connectivity index (χ0) is 14.9. The standard InChI is InChI=1S/C17H25N3O.2ClH/c1-13-11-15(19-16(21)17(18)8-9-17)7-10-20(13)12-14-5-3-2-4-6-14;;/h2-6,13,15H,7-12,18H2,1H3,(H,19,21);2*1H. The zero-order valence-electron chi connectivity index (χ0n) is 13.5. The number of hydrogen-bond donors (Lipinski definition) is 2. The molecule has 23 heavy (non-hydrogen) atoms. The van der Waals surface area contributed by atoms with Crippen LogP contribution >= 0.6 is 24.8 Å². The molecule has 2 fully saturated rings. The molecular weight excluding hydrogens is 333 g/mol. The summed E-state index contributed by atoms with van der Waals surface area (Å²) in [6.07, 6.45) is 3.69. The monoisotopic (exact) mass is 359 g/mol. The van der Waals surface area contributed by atoms with Gasteiger partial charge >= 0.3 is 0 Å². The van der Waals surface area contributed by atoms with Crippen LogP contribution in [0, 0.1) is 0 Å². The van der Waals surface area contributed by atoms with Gasteiger partial charge in [0.1, 0.15) is 0 Å². The molecule has 3 rings (SSSR count). The van der Waals surface area contributed by atoms with E-state index in [9.17, 15) is 4.79 Å². The number of halogens is 2. The van der Waals surface area contributed by atoms with Gasteiger partial charge < -0.3 is 11.1 Å². The quantitative estimate of drug-likeness (QED) is 0.867. The summed E-state index contributed by atoms with van der Waals surface area (Å²) in [7, 11) is 0. The Hall–Kier alpha value is -0.810. The van der Waals surface area contributed by atoms with Crippen molar-refractivity contribution >= 4 is 30.7 Å². The smallest absolute Gasteiger partial charge is 0.240 e. The number of benzene rings is 1. The highest BCUT2D eigenvalue weighted by molar-refractivity contribution is 5.89. The van der Waals surface area contributed by atoms with Crippen LogP contribution in [0.25, 0.3) is 0 Å². The maximum absolute atomic E-state index is 12.0. The molecule has 1 aromatic rings. The fourth-order valence-electron chi connectivity index (χ4n) is 3.10. The first kappa shape index (κ1) is 20.2. The number of amides is 1. The molecule has 2 unspecified atom stereocenters. The van der Waals surface area contributed by atoms with Crippen LogP contribution in [0.4, 0.5) is 0 Å². The number of hydrogen-bond acceptors (Lipinski definition) is 3. The van der Waals surface area contributed by atoms with Crippen molar-refractivity contribution in [3.8, 4) is 0 Å². The van der Waals surface area contributed by atoms with Crippen molar-refractivity contribution in [3.63, 3.8) is 0 Å². The number of carbonyl (C=O) groups is 1. The lowest BCUT2D eigenvalue weighted by atomic mass is 9.97. The molecular formula is C17H27Cl2N3O. The van der Waals surface area contributed by atoms with Crippen LogP contribution in [0.5, 0.6) is 0 Å². The lowest BCUT2D eigenvalue weighted by molar-refractivity contribution is -0.124. The number of piperidine rings is 1. The second-order valence-electron chi connectivity index (χ2n) is 6.66. The summed E-state index contributed by atoms with van der Waals surface area (Å²) in [5.41, 5.74) is 6.75. The third kappa shape index (κ3) is 5.08. The van der Waals surface area contributed by atoms with E-state index in [1.807, 2.05) is 0 Å². The third-order valence-electron chi connectivity index (χ3n) is 4.82. The minimum Gasteiger partial charge on any atom is -0.352 e. The van der Waals surface area contributed by atoms with Crippen molar-refractivity contribution in [2.75, 3.05) is 6.54 Å². The first-order valence-corrected chi connectivity index (χ1v) is 7.95. The van der Waals surface area contributed by atoms with Gasteiger partial charge in [-0.3, -0.25) is 9.69 Å². The SMILES string of the molecule is CC1CC(NC(=O)C2(N)CC2)CCN1Cc1ccccc1.Cl.Cl. The van der Waals surface area contributed by atoms with Crippen LogP contribution in [0.15, 0.2) is 30.3 Å². The van der Waals surface area contributed by atoms with Crippen LogP contribution < -0.4 is 11.1 Å². The van der Waals surface area contributed by atoms with Crippen molar-refractivity contribution in [3.05, 3.63) is 35.9 Å². The maximum atomic E-state index is 12.0. The fourth-order valence-corrected chi connectivity index (χ4v) is 3.10. The van der Waals surface area contributed by atoms with Gasteiger partial charge in [-0.25, -0.2) is 0 Å². The molecule has 2 atom stereocenters. The average molecular weight is 360 g/mol. The van der Waals surface area contributed by atoms with E-state index in [-0.39, 0.29) is 36.8 Å². The van der Waals surface area contributed by atoms with Gasteiger partial charge in [0, 0.05) is 25.2 Å². The second-order valence-corrected chi connectivity index (χ2v) is 6.66. The number of likely N-dealkylation sites (tertiary alicyclic amines) is 1. The molecule has 1 aliphatic heterocycles. The van der Waals surface area contributed by atoms with Gasteiger partial charge in [0.15, 0.2) is 0 Å². The molecule has 0 bridgehead atoms. The Kier molecular flexibility index (Phi) is 7.33. The van der Waals surface area contributed by atoms with Crippen molar-refractivity contribution in [2.45, 2.75) is 56.8 Å². The van der Waals surface area contributed by atoms with Gasteiger partial charge in [-0.1, -0.05) is 30.3 Å². The number of nitrogens with two attached hydrogens (primary N) is 1. The van der Waals surface area contributed by atoms with E-state index in [2.05, 4.69) is 47.5 Å². The van der Waals surface area contributed by atoms with Gasteiger partial charge in [0.25, 0.3) is 0 Å². The summed E-state index contributed by atoms with van der Waals surface area (Å²) >= 11 is 0. The molecule has 1 aliphatic carbocycles. The van der Waals surface area contributed by atoms with E-state index >= 15 is 0 Å². The Balaban J connectivity index is 0.00000132. The van der Waals surface area contributed by atoms with E-state index in [4.69, 9.17) is 5.73 Å². The summed E-state index contributed by atoms with van der Waals surface area (Å²) < 4.78 is 0. The van der Waals surface area contributed by atoms with Crippen LogP contribution in [-0.2, 0) is 11.3 Å². The normalized spacial score (nSPS) is 25.7. The largest absolute Gasteiger partial charge is 0.352 e. The van der Waals surface area contributed by atoms with E-state index in [0.29, 0.717) is 6.04 Å². The topological polar surface area (TPSA) is 58.4 Å². The molecule has 3 N–H and O–H groups in total. The van der Waals surface area contributed by atoms with Crippen LogP contribution in [0.1, 0.15) is 38.2 Å².